The van der Waals surface area contributed by atoms with Gasteiger partial charge in [-0.3, -0.25) is 4.79 Å². The van der Waals surface area contributed by atoms with Crippen LogP contribution in [0.1, 0.15) is 23.2 Å². The molecule has 0 radical (unpaired) electrons. The summed E-state index contributed by atoms with van der Waals surface area (Å²) in [4.78, 5) is 11.9. The normalized spacial score (nSPS) is 22.5. The van der Waals surface area contributed by atoms with Crippen LogP contribution in [0.15, 0.2) is 54.1 Å². The summed E-state index contributed by atoms with van der Waals surface area (Å²) in [6, 6.07) is 8.43. The third-order valence-electron chi connectivity index (χ3n) is 3.15. The lowest BCUT2D eigenvalue weighted by Gasteiger charge is -2.26. The van der Waals surface area contributed by atoms with E-state index in [-0.39, 0.29) is 12.2 Å². The molecule has 0 saturated carbocycles. The maximum absolute atomic E-state index is 13.6. The molecule has 0 aromatic heterocycles. The monoisotopic (exact) mass is 284 g/mol. The van der Waals surface area contributed by atoms with E-state index in [0.29, 0.717) is 17.2 Å². The second-order valence-corrected chi connectivity index (χ2v) is 4.64. The standard InChI is InChI=1S/C15H12F4O/c16-14(15(17,18)19)8-6-11(7-9-14)10-13(20)12-4-2-1-3-5-12/h1-8H,9-10H2. The van der Waals surface area contributed by atoms with E-state index < -0.39 is 18.3 Å². The van der Waals surface area contributed by atoms with Crippen molar-refractivity contribution in [3.05, 3.63) is 59.7 Å². The molecule has 1 aliphatic rings. The van der Waals surface area contributed by atoms with Gasteiger partial charge in [-0.15, -0.1) is 0 Å². The molecule has 0 heterocycles. The number of rotatable bonds is 3. The molecule has 0 spiro atoms. The minimum Gasteiger partial charge on any atom is -0.294 e. The molecule has 5 heteroatoms. The molecular weight excluding hydrogens is 272 g/mol. The molecule has 1 unspecified atom stereocenters. The molecule has 0 bridgehead atoms. The van der Waals surface area contributed by atoms with Gasteiger partial charge in [0.05, 0.1) is 0 Å². The van der Waals surface area contributed by atoms with Crippen LogP contribution in [0.3, 0.4) is 0 Å². The minimum absolute atomic E-state index is 0.0333. The first kappa shape index (κ1) is 14.5. The lowest BCUT2D eigenvalue weighted by atomic mass is 9.90. The van der Waals surface area contributed by atoms with Crippen molar-refractivity contribution in [1.82, 2.24) is 0 Å². The Morgan fingerprint density at radius 2 is 1.85 bits per heavy atom. The largest absolute Gasteiger partial charge is 0.426 e. The molecule has 0 amide bonds. The average Bonchev–Trinajstić information content (AvgIpc) is 2.41. The highest BCUT2D eigenvalue weighted by Gasteiger charge is 2.54. The van der Waals surface area contributed by atoms with Crippen LogP contribution in [-0.2, 0) is 0 Å². The van der Waals surface area contributed by atoms with E-state index in [0.717, 1.165) is 12.2 Å². The van der Waals surface area contributed by atoms with E-state index in [9.17, 15) is 22.4 Å². The first-order valence-corrected chi connectivity index (χ1v) is 6.04. The average molecular weight is 284 g/mol. The van der Waals surface area contributed by atoms with E-state index in [2.05, 4.69) is 0 Å². The number of carbonyl (C=O) groups excluding carboxylic acids is 1. The van der Waals surface area contributed by atoms with Crippen molar-refractivity contribution in [2.24, 2.45) is 0 Å². The number of benzene rings is 1. The zero-order valence-electron chi connectivity index (χ0n) is 10.5. The van der Waals surface area contributed by atoms with E-state index in [4.69, 9.17) is 0 Å². The van der Waals surface area contributed by atoms with Gasteiger partial charge in [0.25, 0.3) is 0 Å². The molecule has 2 rings (SSSR count). The second-order valence-electron chi connectivity index (χ2n) is 4.64. The Hall–Kier alpha value is -1.91. The molecule has 0 aliphatic heterocycles. The van der Waals surface area contributed by atoms with Gasteiger partial charge in [0.15, 0.2) is 5.78 Å². The van der Waals surface area contributed by atoms with Crippen LogP contribution in [-0.4, -0.2) is 17.6 Å². The van der Waals surface area contributed by atoms with Crippen molar-refractivity contribution in [3.63, 3.8) is 0 Å². The van der Waals surface area contributed by atoms with Crippen molar-refractivity contribution in [1.29, 1.82) is 0 Å². The van der Waals surface area contributed by atoms with E-state index >= 15 is 0 Å². The van der Waals surface area contributed by atoms with Crippen molar-refractivity contribution in [2.75, 3.05) is 0 Å². The molecule has 0 saturated heterocycles. The quantitative estimate of drug-likeness (QED) is 0.593. The third-order valence-corrected chi connectivity index (χ3v) is 3.15. The van der Waals surface area contributed by atoms with Crippen LogP contribution in [0, 0.1) is 0 Å². The number of halogens is 4. The van der Waals surface area contributed by atoms with Gasteiger partial charge in [0, 0.05) is 18.4 Å². The maximum Gasteiger partial charge on any atom is 0.426 e. The molecule has 1 nitrogen and oxygen atoms in total. The third kappa shape index (κ3) is 2.98. The Morgan fingerprint density at radius 3 is 2.35 bits per heavy atom. The number of ketones is 1. The van der Waals surface area contributed by atoms with Crippen molar-refractivity contribution in [2.45, 2.75) is 24.7 Å². The Morgan fingerprint density at radius 1 is 1.20 bits per heavy atom. The SMILES string of the molecule is O=C(CC1=CCC(F)(C(F)(F)F)C=C1)c1ccccc1. The molecule has 1 aliphatic carbocycles. The zero-order chi connectivity index (χ0) is 14.8. The number of hydrogen-bond acceptors (Lipinski definition) is 1. The van der Waals surface area contributed by atoms with Crippen LogP contribution in [0.25, 0.3) is 0 Å². The van der Waals surface area contributed by atoms with E-state index in [1.165, 1.54) is 0 Å². The Labute approximate surface area is 113 Å². The van der Waals surface area contributed by atoms with Gasteiger partial charge in [-0.05, 0) is 11.6 Å². The lowest BCUT2D eigenvalue weighted by molar-refractivity contribution is -0.211. The highest BCUT2D eigenvalue weighted by Crippen LogP contribution is 2.40. The summed E-state index contributed by atoms with van der Waals surface area (Å²) in [7, 11) is 0. The molecular formula is C15H12F4O. The Bertz CT molecular complexity index is 557. The van der Waals surface area contributed by atoms with Gasteiger partial charge < -0.3 is 0 Å². The molecule has 0 fully saturated rings. The number of allylic oxidation sites excluding steroid dienone is 4. The Kier molecular flexibility index (Phi) is 3.79. The predicted molar refractivity (Wildman–Crippen MR) is 67.1 cm³/mol. The van der Waals surface area contributed by atoms with E-state index in [1.807, 2.05) is 0 Å². The molecule has 1 aromatic carbocycles. The summed E-state index contributed by atoms with van der Waals surface area (Å²) in [5, 5.41) is 0. The second kappa shape index (κ2) is 5.23. The van der Waals surface area contributed by atoms with Gasteiger partial charge >= 0.3 is 6.18 Å². The van der Waals surface area contributed by atoms with Crippen molar-refractivity contribution in [3.8, 4) is 0 Å². The molecule has 1 atom stereocenters. The number of Topliss-reactive ketones (excluding diaryl/α,β-unsaturated/α-hetero) is 1. The first-order chi connectivity index (χ1) is 9.32. The van der Waals surface area contributed by atoms with Crippen molar-refractivity contribution >= 4 is 5.78 Å². The molecule has 20 heavy (non-hydrogen) atoms. The fraction of sp³-hybridized carbons (Fsp3) is 0.267. The summed E-state index contributed by atoms with van der Waals surface area (Å²) in [5.41, 5.74) is -2.45. The van der Waals surface area contributed by atoms with Gasteiger partial charge in [-0.25, -0.2) is 4.39 Å². The summed E-state index contributed by atoms with van der Waals surface area (Å²) < 4.78 is 50.9. The van der Waals surface area contributed by atoms with Crippen molar-refractivity contribution < 1.29 is 22.4 Å². The topological polar surface area (TPSA) is 17.1 Å². The highest BCUT2D eigenvalue weighted by molar-refractivity contribution is 5.97. The van der Waals surface area contributed by atoms with Gasteiger partial charge in [-0.1, -0.05) is 42.5 Å². The number of carbonyl (C=O) groups is 1. The lowest BCUT2D eigenvalue weighted by Crippen LogP contribution is -2.39. The van der Waals surface area contributed by atoms with Crippen LogP contribution >= 0.6 is 0 Å². The van der Waals surface area contributed by atoms with E-state index in [1.54, 1.807) is 30.3 Å². The predicted octanol–water partition coefficient (Wildman–Crippen LogP) is 4.42. The number of hydrogen-bond donors (Lipinski definition) is 0. The Balaban J connectivity index is 2.05. The van der Waals surface area contributed by atoms with Gasteiger partial charge in [0.1, 0.15) is 0 Å². The summed E-state index contributed by atoms with van der Waals surface area (Å²) in [5.74, 6) is -0.208. The summed E-state index contributed by atoms with van der Waals surface area (Å²) in [6.07, 6.45) is -3.10. The smallest absolute Gasteiger partial charge is 0.294 e. The van der Waals surface area contributed by atoms with Crippen LogP contribution in [0.4, 0.5) is 17.6 Å². The molecule has 106 valence electrons. The van der Waals surface area contributed by atoms with Crippen LogP contribution < -0.4 is 0 Å². The van der Waals surface area contributed by atoms with Gasteiger partial charge in [0.2, 0.25) is 5.67 Å². The van der Waals surface area contributed by atoms with Gasteiger partial charge in [-0.2, -0.15) is 13.2 Å². The zero-order valence-corrected chi connectivity index (χ0v) is 10.5. The minimum atomic E-state index is -4.94. The maximum atomic E-state index is 13.6. The fourth-order valence-electron chi connectivity index (χ4n) is 1.91. The summed E-state index contributed by atoms with van der Waals surface area (Å²) >= 11 is 0. The fourth-order valence-corrected chi connectivity index (χ4v) is 1.91. The number of alkyl halides is 4. The first-order valence-electron chi connectivity index (χ1n) is 6.04. The van der Waals surface area contributed by atoms with Crippen LogP contribution in [0.5, 0.6) is 0 Å². The molecule has 0 N–H and O–H groups in total. The highest BCUT2D eigenvalue weighted by atomic mass is 19.4. The van der Waals surface area contributed by atoms with Crippen LogP contribution in [0.2, 0.25) is 0 Å². The summed E-state index contributed by atoms with van der Waals surface area (Å²) in [6.45, 7) is 0. The molecule has 1 aromatic rings.